The molecule has 0 heterocycles. The van der Waals surface area contributed by atoms with Gasteiger partial charge in [0.2, 0.25) is 0 Å². The molecule has 0 bridgehead atoms. The summed E-state index contributed by atoms with van der Waals surface area (Å²) in [7, 11) is 0. The number of rotatable bonds is 2. The average Bonchev–Trinajstić information content (AvgIpc) is 2.08. The highest BCUT2D eigenvalue weighted by atomic mass is 32.1. The molecule has 0 aliphatic carbocycles. The minimum atomic E-state index is -0.760. The predicted octanol–water partition coefficient (Wildman–Crippen LogP) is 0.673. The second kappa shape index (κ2) is 3.80. The molecule has 0 saturated heterocycles. The van der Waals surface area contributed by atoms with Gasteiger partial charge >= 0.3 is 0 Å². The van der Waals surface area contributed by atoms with Crippen molar-refractivity contribution in [1.82, 2.24) is 0 Å². The highest BCUT2D eigenvalue weighted by molar-refractivity contribution is 7.80. The van der Waals surface area contributed by atoms with Crippen LogP contribution in [0.15, 0.2) is 23.1 Å². The van der Waals surface area contributed by atoms with E-state index in [0.717, 1.165) is 0 Å². The second-order valence-corrected chi connectivity index (χ2v) is 2.98. The Balaban J connectivity index is 3.04. The van der Waals surface area contributed by atoms with E-state index in [1.807, 2.05) is 0 Å². The molecule has 0 aliphatic heterocycles. The smallest absolute Gasteiger partial charge is 0.116 e. The first kappa shape index (κ1) is 9.38. The zero-order chi connectivity index (χ0) is 9.14. The highest BCUT2D eigenvalue weighted by Crippen LogP contribution is 2.24. The van der Waals surface area contributed by atoms with Crippen LogP contribution in [0.4, 0.5) is 0 Å². The number of nitrogens with two attached hydrogens (primary N) is 1. The van der Waals surface area contributed by atoms with Gasteiger partial charge in [-0.05, 0) is 23.8 Å². The molecule has 0 saturated carbocycles. The van der Waals surface area contributed by atoms with Crippen LogP contribution in [0.2, 0.25) is 0 Å². The third-order valence-electron chi connectivity index (χ3n) is 1.59. The minimum absolute atomic E-state index is 0.107. The Morgan fingerprint density at radius 3 is 2.75 bits per heavy atom. The molecule has 1 unspecified atom stereocenters. The van der Waals surface area contributed by atoms with Gasteiger partial charge in [-0.25, -0.2) is 0 Å². The Kier molecular flexibility index (Phi) is 2.97. The topological polar surface area (TPSA) is 66.5 Å². The summed E-state index contributed by atoms with van der Waals surface area (Å²) in [6.45, 7) is 0.122. The molecule has 1 rings (SSSR count). The lowest BCUT2D eigenvalue weighted by molar-refractivity contribution is 0.183. The first-order valence-electron chi connectivity index (χ1n) is 3.55. The molecule has 0 amide bonds. The minimum Gasteiger partial charge on any atom is -0.508 e. The molecule has 3 nitrogen and oxygen atoms in total. The number of aliphatic hydroxyl groups excluding tert-OH is 1. The number of hydrogen-bond acceptors (Lipinski definition) is 4. The number of thiol groups is 1. The van der Waals surface area contributed by atoms with E-state index < -0.39 is 6.10 Å². The molecule has 0 spiro atoms. The monoisotopic (exact) mass is 185 g/mol. The Bertz CT molecular complexity index is 278. The van der Waals surface area contributed by atoms with Crippen molar-refractivity contribution in [3.63, 3.8) is 0 Å². The number of phenolic OH excluding ortho intramolecular Hbond substituents is 1. The third-order valence-corrected chi connectivity index (χ3v) is 2.00. The molecular formula is C8H11NO2S. The Labute approximate surface area is 76.2 Å². The van der Waals surface area contributed by atoms with E-state index in [2.05, 4.69) is 12.6 Å². The quantitative estimate of drug-likeness (QED) is 0.512. The SMILES string of the molecule is NCC(O)c1cc(O)ccc1S. The fourth-order valence-electron chi connectivity index (χ4n) is 0.936. The summed E-state index contributed by atoms with van der Waals surface area (Å²) in [4.78, 5) is 0.630. The van der Waals surface area contributed by atoms with Gasteiger partial charge in [0.05, 0.1) is 6.10 Å². The van der Waals surface area contributed by atoms with Crippen molar-refractivity contribution in [3.8, 4) is 5.75 Å². The van der Waals surface area contributed by atoms with Crippen molar-refractivity contribution in [2.24, 2.45) is 5.73 Å². The van der Waals surface area contributed by atoms with Gasteiger partial charge < -0.3 is 15.9 Å². The van der Waals surface area contributed by atoms with Gasteiger partial charge in [0.25, 0.3) is 0 Å². The Morgan fingerprint density at radius 1 is 1.50 bits per heavy atom. The number of benzene rings is 1. The molecule has 0 radical (unpaired) electrons. The van der Waals surface area contributed by atoms with Crippen molar-refractivity contribution >= 4 is 12.6 Å². The lowest BCUT2D eigenvalue weighted by Crippen LogP contribution is -2.11. The molecule has 66 valence electrons. The summed E-state index contributed by atoms with van der Waals surface area (Å²) in [6, 6.07) is 4.58. The van der Waals surface area contributed by atoms with Crippen LogP contribution < -0.4 is 5.73 Å². The van der Waals surface area contributed by atoms with Crippen LogP contribution in [0.1, 0.15) is 11.7 Å². The standard InChI is InChI=1S/C8H11NO2S/c9-4-7(11)6-3-5(10)1-2-8(6)12/h1-3,7,10-12H,4,9H2. The number of aromatic hydroxyl groups is 1. The molecule has 1 aromatic carbocycles. The van der Waals surface area contributed by atoms with Crippen molar-refractivity contribution < 1.29 is 10.2 Å². The molecule has 12 heavy (non-hydrogen) atoms. The van der Waals surface area contributed by atoms with Crippen molar-refractivity contribution in [3.05, 3.63) is 23.8 Å². The highest BCUT2D eigenvalue weighted by Gasteiger charge is 2.08. The average molecular weight is 185 g/mol. The Morgan fingerprint density at radius 2 is 2.17 bits per heavy atom. The summed E-state index contributed by atoms with van der Waals surface area (Å²) in [5.41, 5.74) is 5.81. The van der Waals surface area contributed by atoms with E-state index >= 15 is 0 Å². The van der Waals surface area contributed by atoms with Gasteiger partial charge in [-0.2, -0.15) is 0 Å². The van der Waals surface area contributed by atoms with E-state index in [1.165, 1.54) is 12.1 Å². The molecule has 0 fully saturated rings. The number of phenols is 1. The molecule has 1 aromatic rings. The van der Waals surface area contributed by atoms with Crippen LogP contribution in [0.5, 0.6) is 5.75 Å². The van der Waals surface area contributed by atoms with Gasteiger partial charge in [-0.3, -0.25) is 0 Å². The zero-order valence-electron chi connectivity index (χ0n) is 6.44. The van der Waals surface area contributed by atoms with Crippen LogP contribution in [0.25, 0.3) is 0 Å². The zero-order valence-corrected chi connectivity index (χ0v) is 7.33. The fraction of sp³-hybridized carbons (Fsp3) is 0.250. The second-order valence-electron chi connectivity index (χ2n) is 2.49. The molecule has 1 atom stereocenters. The van der Waals surface area contributed by atoms with E-state index in [-0.39, 0.29) is 12.3 Å². The van der Waals surface area contributed by atoms with E-state index in [4.69, 9.17) is 10.8 Å². The third kappa shape index (κ3) is 1.91. The summed E-state index contributed by atoms with van der Waals surface area (Å²) in [5, 5.41) is 18.4. The first-order valence-corrected chi connectivity index (χ1v) is 4.00. The maximum atomic E-state index is 9.35. The first-order chi connectivity index (χ1) is 5.65. The maximum absolute atomic E-state index is 9.35. The lowest BCUT2D eigenvalue weighted by atomic mass is 10.1. The van der Waals surface area contributed by atoms with E-state index in [0.29, 0.717) is 10.5 Å². The lowest BCUT2D eigenvalue weighted by Gasteiger charge is -2.10. The summed E-state index contributed by atoms with van der Waals surface area (Å²) in [6.07, 6.45) is -0.760. The van der Waals surface area contributed by atoms with Gasteiger partial charge in [0.1, 0.15) is 5.75 Å². The fourth-order valence-corrected chi connectivity index (χ4v) is 1.22. The summed E-state index contributed by atoms with van der Waals surface area (Å²) in [5.74, 6) is 0.107. The predicted molar refractivity (Wildman–Crippen MR) is 49.4 cm³/mol. The normalized spacial score (nSPS) is 12.9. The molecule has 4 heteroatoms. The number of hydrogen-bond donors (Lipinski definition) is 4. The van der Waals surface area contributed by atoms with E-state index in [1.54, 1.807) is 6.07 Å². The molecule has 0 aromatic heterocycles. The molecule has 4 N–H and O–H groups in total. The molecule has 0 aliphatic rings. The summed E-state index contributed by atoms with van der Waals surface area (Å²) >= 11 is 4.11. The van der Waals surface area contributed by atoms with Crippen molar-refractivity contribution in [2.75, 3.05) is 6.54 Å². The van der Waals surface area contributed by atoms with Gasteiger partial charge in [-0.1, -0.05) is 0 Å². The van der Waals surface area contributed by atoms with Crippen LogP contribution in [0, 0.1) is 0 Å². The van der Waals surface area contributed by atoms with Gasteiger partial charge in [-0.15, -0.1) is 12.6 Å². The van der Waals surface area contributed by atoms with Crippen LogP contribution in [-0.2, 0) is 0 Å². The van der Waals surface area contributed by atoms with Crippen molar-refractivity contribution in [2.45, 2.75) is 11.0 Å². The summed E-state index contributed by atoms with van der Waals surface area (Å²) < 4.78 is 0. The molecular weight excluding hydrogens is 174 g/mol. The number of aliphatic hydroxyl groups is 1. The van der Waals surface area contributed by atoms with Gasteiger partial charge in [0.15, 0.2) is 0 Å². The van der Waals surface area contributed by atoms with Crippen LogP contribution >= 0.6 is 12.6 Å². The van der Waals surface area contributed by atoms with Crippen LogP contribution in [0.3, 0.4) is 0 Å². The van der Waals surface area contributed by atoms with Crippen LogP contribution in [-0.4, -0.2) is 16.8 Å². The largest absolute Gasteiger partial charge is 0.508 e. The van der Waals surface area contributed by atoms with Crippen molar-refractivity contribution in [1.29, 1.82) is 0 Å². The maximum Gasteiger partial charge on any atom is 0.116 e. The van der Waals surface area contributed by atoms with Gasteiger partial charge in [0, 0.05) is 11.4 Å². The van der Waals surface area contributed by atoms with E-state index in [9.17, 15) is 5.11 Å². The Hall–Kier alpha value is -0.710.